The lowest BCUT2D eigenvalue weighted by atomic mass is 9.82. The third-order valence-electron chi connectivity index (χ3n) is 4.92. The number of rotatable bonds is 3. The van der Waals surface area contributed by atoms with E-state index < -0.39 is 0 Å². The molecule has 6 heteroatoms. The highest BCUT2D eigenvalue weighted by molar-refractivity contribution is 6.03. The van der Waals surface area contributed by atoms with Crippen molar-refractivity contribution in [3.05, 3.63) is 88.5 Å². The summed E-state index contributed by atoms with van der Waals surface area (Å²) >= 11 is 0. The molecule has 1 aliphatic rings. The molecule has 0 saturated carbocycles. The lowest BCUT2D eigenvalue weighted by molar-refractivity contribution is 0.0962. The van der Waals surface area contributed by atoms with Gasteiger partial charge in [0.05, 0.1) is 11.3 Å². The van der Waals surface area contributed by atoms with Crippen LogP contribution in [0.25, 0.3) is 0 Å². The van der Waals surface area contributed by atoms with Crippen LogP contribution in [0.4, 0.5) is 10.3 Å². The van der Waals surface area contributed by atoms with Gasteiger partial charge in [0.2, 0.25) is 5.95 Å². The molecule has 0 bridgehead atoms. The number of halogens is 1. The van der Waals surface area contributed by atoms with Crippen LogP contribution in [0.15, 0.2) is 54.7 Å². The average Bonchev–Trinajstić information content (AvgIpc) is 2.68. The van der Waals surface area contributed by atoms with Gasteiger partial charge >= 0.3 is 0 Å². The van der Waals surface area contributed by atoms with Gasteiger partial charge in [-0.2, -0.15) is 0 Å². The number of amides is 1. The Bertz CT molecular complexity index is 1050. The van der Waals surface area contributed by atoms with Gasteiger partial charge in [0.15, 0.2) is 5.78 Å². The van der Waals surface area contributed by atoms with Crippen LogP contribution in [-0.2, 0) is 6.42 Å². The summed E-state index contributed by atoms with van der Waals surface area (Å²) in [6.07, 6.45) is 2.33. The Morgan fingerprint density at radius 3 is 2.50 bits per heavy atom. The predicted molar refractivity (Wildman–Crippen MR) is 103 cm³/mol. The number of aryl methyl sites for hydroxylation is 1. The Morgan fingerprint density at radius 2 is 1.79 bits per heavy atom. The Labute approximate surface area is 161 Å². The topological polar surface area (TPSA) is 72.0 Å². The smallest absolute Gasteiger partial charge is 0.258 e. The van der Waals surface area contributed by atoms with Crippen molar-refractivity contribution in [3.63, 3.8) is 0 Å². The number of aromatic nitrogens is 2. The molecular weight excluding hydrogens is 357 g/mol. The molecule has 0 aliphatic heterocycles. The monoisotopic (exact) mass is 375 g/mol. The summed E-state index contributed by atoms with van der Waals surface area (Å²) in [5.41, 5.74) is 3.54. The van der Waals surface area contributed by atoms with E-state index in [0.29, 0.717) is 29.7 Å². The van der Waals surface area contributed by atoms with Crippen molar-refractivity contribution in [1.29, 1.82) is 0 Å². The Morgan fingerprint density at radius 1 is 1.07 bits per heavy atom. The van der Waals surface area contributed by atoms with Gasteiger partial charge in [-0.25, -0.2) is 14.4 Å². The second-order valence-corrected chi connectivity index (χ2v) is 6.95. The fourth-order valence-corrected chi connectivity index (χ4v) is 3.35. The summed E-state index contributed by atoms with van der Waals surface area (Å²) in [4.78, 5) is 33.4. The number of carbonyl (C=O) groups excluding carboxylic acids is 2. The molecule has 1 N–H and O–H groups in total. The van der Waals surface area contributed by atoms with Crippen LogP contribution in [0.5, 0.6) is 0 Å². The first-order valence-corrected chi connectivity index (χ1v) is 9.02. The molecule has 1 atom stereocenters. The number of carbonyl (C=O) groups is 2. The van der Waals surface area contributed by atoms with Crippen LogP contribution in [0, 0.1) is 12.7 Å². The lowest BCUT2D eigenvalue weighted by Crippen LogP contribution is -2.22. The fraction of sp³-hybridized carbons (Fsp3) is 0.182. The molecule has 0 fully saturated rings. The van der Waals surface area contributed by atoms with Gasteiger partial charge in [-0.3, -0.25) is 14.9 Å². The van der Waals surface area contributed by atoms with E-state index in [1.54, 1.807) is 24.3 Å². The second-order valence-electron chi connectivity index (χ2n) is 6.95. The number of nitrogens with one attached hydrogen (secondary N) is 1. The number of benzene rings is 2. The molecule has 2 aromatic carbocycles. The molecule has 5 nitrogen and oxygen atoms in total. The van der Waals surface area contributed by atoms with E-state index in [4.69, 9.17) is 0 Å². The SMILES string of the molecule is Cc1ccc(C(=O)Nc2ncc3c(n2)C[C@@H](c2ccc(F)cc2)CC3=O)cc1. The molecule has 0 saturated heterocycles. The van der Waals surface area contributed by atoms with Crippen LogP contribution in [0.3, 0.4) is 0 Å². The molecule has 0 radical (unpaired) electrons. The molecule has 0 spiro atoms. The van der Waals surface area contributed by atoms with E-state index in [1.165, 1.54) is 18.3 Å². The summed E-state index contributed by atoms with van der Waals surface area (Å²) in [5.74, 6) is -0.577. The number of hydrogen-bond acceptors (Lipinski definition) is 4. The van der Waals surface area contributed by atoms with Gasteiger partial charge < -0.3 is 0 Å². The normalized spacial score (nSPS) is 15.8. The van der Waals surface area contributed by atoms with Gasteiger partial charge in [0, 0.05) is 18.2 Å². The maximum atomic E-state index is 13.2. The van der Waals surface area contributed by atoms with Crippen molar-refractivity contribution in [2.24, 2.45) is 0 Å². The summed E-state index contributed by atoms with van der Waals surface area (Å²) < 4.78 is 13.2. The third-order valence-corrected chi connectivity index (χ3v) is 4.92. The first kappa shape index (κ1) is 18.0. The first-order chi connectivity index (χ1) is 13.5. The number of Topliss-reactive ketones (excluding diaryl/α,β-unsaturated/α-hetero) is 1. The highest BCUT2D eigenvalue weighted by Crippen LogP contribution is 2.32. The zero-order chi connectivity index (χ0) is 19.7. The Kier molecular flexibility index (Phi) is 4.69. The standard InChI is InChI=1S/C22H18FN3O2/c1-13-2-4-15(5-3-13)21(28)26-22-24-12-18-19(25-22)10-16(11-20(18)27)14-6-8-17(23)9-7-14/h2-9,12,16H,10-11H2,1H3,(H,24,25,26,28)/t16-/m1/s1. The summed E-state index contributed by atoms with van der Waals surface area (Å²) in [6.45, 7) is 1.95. The van der Waals surface area contributed by atoms with E-state index in [-0.39, 0.29) is 29.4 Å². The molecule has 140 valence electrons. The van der Waals surface area contributed by atoms with E-state index in [0.717, 1.165) is 11.1 Å². The maximum absolute atomic E-state index is 13.2. The highest BCUT2D eigenvalue weighted by atomic mass is 19.1. The van der Waals surface area contributed by atoms with Crippen LogP contribution in [0.1, 0.15) is 49.9 Å². The maximum Gasteiger partial charge on any atom is 0.258 e. The number of ketones is 1. The number of hydrogen-bond donors (Lipinski definition) is 1. The van der Waals surface area contributed by atoms with Gasteiger partial charge in [-0.15, -0.1) is 0 Å². The van der Waals surface area contributed by atoms with Crippen molar-refractivity contribution in [2.75, 3.05) is 5.32 Å². The molecule has 1 amide bonds. The fourth-order valence-electron chi connectivity index (χ4n) is 3.35. The quantitative estimate of drug-likeness (QED) is 0.748. The van der Waals surface area contributed by atoms with Gasteiger partial charge in [-0.05, 0) is 49.1 Å². The molecule has 1 heterocycles. The van der Waals surface area contributed by atoms with Gasteiger partial charge in [-0.1, -0.05) is 29.8 Å². The van der Waals surface area contributed by atoms with Crippen molar-refractivity contribution in [2.45, 2.75) is 25.7 Å². The zero-order valence-electron chi connectivity index (χ0n) is 15.3. The highest BCUT2D eigenvalue weighted by Gasteiger charge is 2.28. The third kappa shape index (κ3) is 3.67. The molecule has 3 aromatic rings. The minimum atomic E-state index is -0.310. The predicted octanol–water partition coefficient (Wildman–Crippen LogP) is 4.09. The van der Waals surface area contributed by atoms with Crippen LogP contribution < -0.4 is 5.32 Å². The second kappa shape index (κ2) is 7.31. The van der Waals surface area contributed by atoms with Crippen LogP contribution in [0.2, 0.25) is 0 Å². The first-order valence-electron chi connectivity index (χ1n) is 9.02. The Balaban J connectivity index is 1.56. The summed E-state index contributed by atoms with van der Waals surface area (Å²) in [5, 5.41) is 2.68. The molecule has 1 aromatic heterocycles. The lowest BCUT2D eigenvalue weighted by Gasteiger charge is -2.23. The molecule has 1 aliphatic carbocycles. The van der Waals surface area contributed by atoms with E-state index in [2.05, 4.69) is 15.3 Å². The Hall–Kier alpha value is -3.41. The summed E-state index contributed by atoms with van der Waals surface area (Å²) in [7, 11) is 0. The zero-order valence-corrected chi connectivity index (χ0v) is 15.3. The van der Waals surface area contributed by atoms with E-state index in [1.807, 2.05) is 19.1 Å². The van der Waals surface area contributed by atoms with E-state index >= 15 is 0 Å². The molecular formula is C22H18FN3O2. The minimum absolute atomic E-state index is 0.0491. The van der Waals surface area contributed by atoms with Gasteiger partial charge in [0.1, 0.15) is 5.82 Å². The number of nitrogens with zero attached hydrogens (tertiary/aromatic N) is 2. The van der Waals surface area contributed by atoms with Crippen LogP contribution in [-0.4, -0.2) is 21.7 Å². The van der Waals surface area contributed by atoms with Crippen molar-refractivity contribution >= 4 is 17.6 Å². The summed E-state index contributed by atoms with van der Waals surface area (Å²) in [6, 6.07) is 13.3. The molecule has 0 unspecified atom stereocenters. The number of fused-ring (bicyclic) bond motifs is 1. The van der Waals surface area contributed by atoms with Gasteiger partial charge in [0.25, 0.3) is 5.91 Å². The number of anilines is 1. The van der Waals surface area contributed by atoms with Crippen molar-refractivity contribution in [3.8, 4) is 0 Å². The molecule has 28 heavy (non-hydrogen) atoms. The van der Waals surface area contributed by atoms with Crippen molar-refractivity contribution < 1.29 is 14.0 Å². The average molecular weight is 375 g/mol. The minimum Gasteiger partial charge on any atom is -0.294 e. The van der Waals surface area contributed by atoms with Crippen LogP contribution >= 0.6 is 0 Å². The largest absolute Gasteiger partial charge is 0.294 e. The van der Waals surface area contributed by atoms with E-state index in [9.17, 15) is 14.0 Å². The van der Waals surface area contributed by atoms with Crippen molar-refractivity contribution in [1.82, 2.24) is 9.97 Å². The molecule has 4 rings (SSSR count).